The van der Waals surface area contributed by atoms with Crippen molar-refractivity contribution < 1.29 is 4.39 Å². The number of hydrogen-bond acceptors (Lipinski definition) is 5. The van der Waals surface area contributed by atoms with E-state index >= 15 is 0 Å². The second-order valence-electron chi connectivity index (χ2n) is 8.17. The third-order valence-electron chi connectivity index (χ3n) is 5.92. The van der Waals surface area contributed by atoms with Crippen molar-refractivity contribution in [2.45, 2.75) is 31.8 Å². The van der Waals surface area contributed by atoms with E-state index in [0.29, 0.717) is 13.1 Å². The first kappa shape index (κ1) is 21.0. The number of piperidine rings is 1. The second-order valence-corrected chi connectivity index (χ2v) is 9.03. The smallest absolute Gasteiger partial charge is 0.171 e. The molecular weight excluding hydrogens is 471 g/mol. The quantitative estimate of drug-likeness (QED) is 0.407. The number of benzene rings is 1. The van der Waals surface area contributed by atoms with Crippen LogP contribution in [0.2, 0.25) is 0 Å². The molecule has 1 aliphatic rings. The molecule has 8 heteroatoms. The number of anilines is 1. The molecule has 5 rings (SSSR count). The maximum absolute atomic E-state index is 14.2. The van der Waals surface area contributed by atoms with E-state index in [1.165, 1.54) is 6.07 Å². The van der Waals surface area contributed by atoms with E-state index in [4.69, 9.17) is 4.98 Å². The fourth-order valence-electron chi connectivity index (χ4n) is 4.29. The fourth-order valence-corrected chi connectivity index (χ4v) is 4.64. The molecule has 0 bridgehead atoms. The van der Waals surface area contributed by atoms with Crippen molar-refractivity contribution in [3.05, 3.63) is 88.2 Å². The van der Waals surface area contributed by atoms with Gasteiger partial charge in [-0.25, -0.2) is 9.37 Å². The third-order valence-corrected chi connectivity index (χ3v) is 6.48. The minimum absolute atomic E-state index is 0.140. The molecule has 1 fully saturated rings. The van der Waals surface area contributed by atoms with Gasteiger partial charge < -0.3 is 5.32 Å². The number of fused-ring (bicyclic) bond motifs is 1. The summed E-state index contributed by atoms with van der Waals surface area (Å²) >= 11 is 3.58. The van der Waals surface area contributed by atoms with Crippen LogP contribution in [-0.4, -0.2) is 37.6 Å². The predicted molar refractivity (Wildman–Crippen MR) is 126 cm³/mol. The van der Waals surface area contributed by atoms with Gasteiger partial charge >= 0.3 is 0 Å². The van der Waals surface area contributed by atoms with E-state index in [-0.39, 0.29) is 11.7 Å². The molecule has 0 saturated carbocycles. The van der Waals surface area contributed by atoms with E-state index in [1.54, 1.807) is 18.5 Å². The highest BCUT2D eigenvalue weighted by molar-refractivity contribution is 9.10. The van der Waals surface area contributed by atoms with Crippen LogP contribution in [0.4, 0.5) is 10.2 Å². The molecule has 1 atom stereocenters. The van der Waals surface area contributed by atoms with Crippen LogP contribution < -0.4 is 5.32 Å². The van der Waals surface area contributed by atoms with Crippen LogP contribution in [0.1, 0.15) is 35.6 Å². The minimum Gasteiger partial charge on any atom is -0.366 e. The van der Waals surface area contributed by atoms with Crippen molar-refractivity contribution in [1.29, 1.82) is 0 Å². The van der Waals surface area contributed by atoms with Crippen LogP contribution >= 0.6 is 15.9 Å². The molecule has 1 saturated heterocycles. The van der Waals surface area contributed by atoms with Crippen molar-refractivity contribution >= 4 is 27.4 Å². The zero-order valence-electron chi connectivity index (χ0n) is 17.6. The predicted octanol–water partition coefficient (Wildman–Crippen LogP) is 5.02. The largest absolute Gasteiger partial charge is 0.366 e. The summed E-state index contributed by atoms with van der Waals surface area (Å²) in [6.45, 7) is 3.09. The highest BCUT2D eigenvalue weighted by atomic mass is 79.9. The van der Waals surface area contributed by atoms with Gasteiger partial charge in [0.25, 0.3) is 0 Å². The highest BCUT2D eigenvalue weighted by Crippen LogP contribution is 2.30. The first-order chi connectivity index (χ1) is 15.7. The maximum Gasteiger partial charge on any atom is 0.171 e. The van der Waals surface area contributed by atoms with Gasteiger partial charge in [-0.3, -0.25) is 9.88 Å². The number of hydrogen-bond donors (Lipinski definition) is 1. The lowest BCUT2D eigenvalue weighted by Crippen LogP contribution is -2.34. The fraction of sp³-hybridized carbons (Fsp3) is 0.292. The van der Waals surface area contributed by atoms with Crippen molar-refractivity contribution in [3.8, 4) is 0 Å². The molecule has 0 amide bonds. The molecule has 1 aliphatic heterocycles. The Morgan fingerprint density at radius 3 is 2.91 bits per heavy atom. The summed E-state index contributed by atoms with van der Waals surface area (Å²) in [6, 6.07) is 13.1. The van der Waals surface area contributed by atoms with Gasteiger partial charge in [0, 0.05) is 49.6 Å². The minimum atomic E-state index is -0.140. The molecule has 0 radical (unpaired) electrons. The Bertz CT molecular complexity index is 1210. The second kappa shape index (κ2) is 9.34. The zero-order chi connectivity index (χ0) is 21.9. The maximum atomic E-state index is 14.2. The van der Waals surface area contributed by atoms with E-state index in [9.17, 15) is 4.39 Å². The number of halogens is 2. The molecular formula is C24H24BrFN6. The molecule has 0 spiro atoms. The van der Waals surface area contributed by atoms with E-state index in [1.807, 2.05) is 35.0 Å². The van der Waals surface area contributed by atoms with Crippen molar-refractivity contribution in [2.24, 2.45) is 0 Å². The summed E-state index contributed by atoms with van der Waals surface area (Å²) in [4.78, 5) is 11.4. The molecule has 4 heterocycles. The monoisotopic (exact) mass is 494 g/mol. The molecule has 1 aromatic carbocycles. The van der Waals surface area contributed by atoms with Crippen LogP contribution in [0.25, 0.3) is 5.65 Å². The van der Waals surface area contributed by atoms with Crippen molar-refractivity contribution in [1.82, 2.24) is 24.5 Å². The van der Waals surface area contributed by atoms with Gasteiger partial charge in [-0.15, -0.1) is 0 Å². The first-order valence-corrected chi connectivity index (χ1v) is 11.6. The number of nitrogens with one attached hydrogen (secondary N) is 1. The lowest BCUT2D eigenvalue weighted by atomic mass is 9.94. The normalized spacial score (nSPS) is 17.0. The Balaban J connectivity index is 1.39. The zero-order valence-corrected chi connectivity index (χ0v) is 19.2. The molecule has 1 N–H and O–H groups in total. The Morgan fingerprint density at radius 2 is 2.06 bits per heavy atom. The Labute approximate surface area is 194 Å². The van der Waals surface area contributed by atoms with Crippen LogP contribution in [-0.2, 0) is 13.1 Å². The van der Waals surface area contributed by atoms with Gasteiger partial charge in [-0.05, 0) is 53.0 Å². The molecule has 0 aliphatic carbocycles. The molecule has 6 nitrogen and oxygen atoms in total. The van der Waals surface area contributed by atoms with Gasteiger partial charge in [0.05, 0.1) is 16.4 Å². The summed E-state index contributed by atoms with van der Waals surface area (Å²) in [5, 5.41) is 7.97. The Hall–Kier alpha value is -2.84. The summed E-state index contributed by atoms with van der Waals surface area (Å²) in [6.07, 6.45) is 7.52. The van der Waals surface area contributed by atoms with Crippen molar-refractivity contribution in [3.63, 3.8) is 0 Å². The van der Waals surface area contributed by atoms with Gasteiger partial charge in [0.1, 0.15) is 11.6 Å². The summed E-state index contributed by atoms with van der Waals surface area (Å²) in [5.41, 5.74) is 3.67. The van der Waals surface area contributed by atoms with Gasteiger partial charge in [-0.1, -0.05) is 24.3 Å². The molecule has 32 heavy (non-hydrogen) atoms. The molecule has 4 aromatic rings. The lowest BCUT2D eigenvalue weighted by molar-refractivity contribution is 0.196. The summed E-state index contributed by atoms with van der Waals surface area (Å²) in [7, 11) is 0. The number of pyridine rings is 1. The third kappa shape index (κ3) is 4.52. The highest BCUT2D eigenvalue weighted by Gasteiger charge is 2.25. The average molecular weight is 495 g/mol. The van der Waals surface area contributed by atoms with Crippen LogP contribution in [0.15, 0.2) is 65.5 Å². The topological polar surface area (TPSA) is 58.4 Å². The van der Waals surface area contributed by atoms with Crippen molar-refractivity contribution in [2.75, 3.05) is 18.4 Å². The van der Waals surface area contributed by atoms with E-state index in [0.717, 1.165) is 58.7 Å². The van der Waals surface area contributed by atoms with Crippen LogP contribution in [0, 0.1) is 5.82 Å². The molecule has 1 unspecified atom stereocenters. The molecule has 164 valence electrons. The Morgan fingerprint density at radius 1 is 1.16 bits per heavy atom. The standard InChI is InChI=1S/C24H24BrFN6/c25-20-14-29-32-23(28-13-17-5-3-9-27-12-17)11-22(30-24(20)32)19-7-4-10-31(16-19)15-18-6-1-2-8-21(18)26/h1-3,5-6,8-9,11-12,14,19,28H,4,7,10,13,15-16H2. The van der Waals surface area contributed by atoms with E-state index in [2.05, 4.69) is 42.3 Å². The Kier molecular flexibility index (Phi) is 6.14. The number of likely N-dealkylation sites (tertiary alicyclic amines) is 1. The number of nitrogens with zero attached hydrogens (tertiary/aromatic N) is 5. The van der Waals surface area contributed by atoms with Crippen LogP contribution in [0.3, 0.4) is 0 Å². The lowest BCUT2D eigenvalue weighted by Gasteiger charge is -2.32. The summed E-state index contributed by atoms with van der Waals surface area (Å²) in [5.74, 6) is 1.03. The first-order valence-electron chi connectivity index (χ1n) is 10.8. The number of rotatable bonds is 6. The summed E-state index contributed by atoms with van der Waals surface area (Å²) < 4.78 is 16.8. The number of aromatic nitrogens is 4. The SMILES string of the molecule is Fc1ccccc1CN1CCCC(c2cc(NCc3cccnc3)n3ncc(Br)c3n2)C1. The average Bonchev–Trinajstić information content (AvgIpc) is 3.21. The van der Waals surface area contributed by atoms with Gasteiger partial charge in [-0.2, -0.15) is 9.61 Å². The van der Waals surface area contributed by atoms with Gasteiger partial charge in [0.15, 0.2) is 5.65 Å². The molecule has 3 aromatic heterocycles. The van der Waals surface area contributed by atoms with E-state index < -0.39 is 0 Å². The van der Waals surface area contributed by atoms with Crippen LogP contribution in [0.5, 0.6) is 0 Å². The van der Waals surface area contributed by atoms with Gasteiger partial charge in [0.2, 0.25) is 0 Å².